The lowest BCUT2D eigenvalue weighted by Crippen LogP contribution is -2.19. The van der Waals surface area contributed by atoms with Gasteiger partial charge in [0.15, 0.2) is 0 Å². The van der Waals surface area contributed by atoms with Gasteiger partial charge in [-0.1, -0.05) is 12.1 Å². The lowest BCUT2D eigenvalue weighted by atomic mass is 9.96. The van der Waals surface area contributed by atoms with Crippen LogP contribution in [-0.2, 0) is 6.42 Å². The summed E-state index contributed by atoms with van der Waals surface area (Å²) in [7, 11) is 0. The molecule has 1 unspecified atom stereocenters. The standard InChI is InChI=1S/C17H23N3/c1-10-6-7-15(14(5)13(10)4)16-9-12(3)19-17(20-16)8-11(2)18/h6-7,9,11H,8,18H2,1-5H3. The van der Waals surface area contributed by atoms with Crippen molar-refractivity contribution in [1.82, 2.24) is 9.97 Å². The van der Waals surface area contributed by atoms with E-state index in [1.807, 2.05) is 19.9 Å². The van der Waals surface area contributed by atoms with Gasteiger partial charge in [-0.05, 0) is 57.4 Å². The monoisotopic (exact) mass is 269 g/mol. The number of hydrogen-bond acceptors (Lipinski definition) is 3. The fourth-order valence-corrected chi connectivity index (χ4v) is 2.38. The van der Waals surface area contributed by atoms with Crippen molar-refractivity contribution in [2.45, 2.75) is 47.1 Å². The minimum absolute atomic E-state index is 0.0745. The molecule has 2 N–H and O–H groups in total. The molecule has 0 saturated heterocycles. The van der Waals surface area contributed by atoms with Gasteiger partial charge in [0.25, 0.3) is 0 Å². The predicted molar refractivity (Wildman–Crippen MR) is 83.8 cm³/mol. The molecule has 0 aliphatic heterocycles. The van der Waals surface area contributed by atoms with E-state index in [0.29, 0.717) is 6.42 Å². The highest BCUT2D eigenvalue weighted by Crippen LogP contribution is 2.26. The quantitative estimate of drug-likeness (QED) is 0.930. The summed E-state index contributed by atoms with van der Waals surface area (Å²) in [5.41, 5.74) is 13.0. The van der Waals surface area contributed by atoms with Crippen molar-refractivity contribution in [2.24, 2.45) is 5.73 Å². The van der Waals surface area contributed by atoms with Crippen LogP contribution in [-0.4, -0.2) is 16.0 Å². The topological polar surface area (TPSA) is 51.8 Å². The maximum atomic E-state index is 5.86. The summed E-state index contributed by atoms with van der Waals surface area (Å²) >= 11 is 0. The van der Waals surface area contributed by atoms with Crippen molar-refractivity contribution in [3.8, 4) is 11.3 Å². The van der Waals surface area contributed by atoms with Crippen LogP contribution in [0, 0.1) is 27.7 Å². The average Bonchev–Trinajstić information content (AvgIpc) is 2.34. The molecule has 1 heterocycles. The molecule has 1 aromatic carbocycles. The Kier molecular flexibility index (Phi) is 4.19. The Morgan fingerprint density at radius 1 is 1.05 bits per heavy atom. The third-order valence-electron chi connectivity index (χ3n) is 3.74. The number of aromatic nitrogens is 2. The van der Waals surface area contributed by atoms with Crippen LogP contribution in [0.5, 0.6) is 0 Å². The second kappa shape index (κ2) is 5.71. The molecule has 0 spiro atoms. The number of nitrogens with zero attached hydrogens (tertiary/aromatic N) is 2. The first kappa shape index (κ1) is 14.7. The van der Waals surface area contributed by atoms with Crippen LogP contribution in [0.3, 0.4) is 0 Å². The SMILES string of the molecule is Cc1cc(-c2ccc(C)c(C)c2C)nc(CC(C)N)n1. The molecule has 2 rings (SSSR count). The van der Waals surface area contributed by atoms with Crippen LogP contribution in [0.1, 0.15) is 35.1 Å². The highest BCUT2D eigenvalue weighted by molar-refractivity contribution is 5.66. The molecule has 0 amide bonds. The molecule has 0 saturated carbocycles. The first-order valence-corrected chi connectivity index (χ1v) is 7.05. The molecule has 1 atom stereocenters. The molecule has 0 fully saturated rings. The van der Waals surface area contributed by atoms with Gasteiger partial charge in [0.2, 0.25) is 0 Å². The van der Waals surface area contributed by atoms with Crippen molar-refractivity contribution in [3.63, 3.8) is 0 Å². The number of nitrogens with two attached hydrogens (primary N) is 1. The summed E-state index contributed by atoms with van der Waals surface area (Å²) in [4.78, 5) is 9.16. The summed E-state index contributed by atoms with van der Waals surface area (Å²) < 4.78 is 0. The normalized spacial score (nSPS) is 12.5. The zero-order valence-electron chi connectivity index (χ0n) is 13.0. The van der Waals surface area contributed by atoms with Gasteiger partial charge in [-0.2, -0.15) is 0 Å². The highest BCUT2D eigenvalue weighted by Gasteiger charge is 2.10. The Bertz CT molecular complexity index is 630. The summed E-state index contributed by atoms with van der Waals surface area (Å²) in [6.07, 6.45) is 0.707. The van der Waals surface area contributed by atoms with Crippen LogP contribution >= 0.6 is 0 Å². The summed E-state index contributed by atoms with van der Waals surface area (Å²) in [6, 6.07) is 6.42. The Balaban J connectivity index is 2.53. The van der Waals surface area contributed by atoms with Gasteiger partial charge in [0.1, 0.15) is 5.82 Å². The van der Waals surface area contributed by atoms with Gasteiger partial charge in [-0.25, -0.2) is 9.97 Å². The average molecular weight is 269 g/mol. The van der Waals surface area contributed by atoms with E-state index in [4.69, 9.17) is 5.73 Å². The van der Waals surface area contributed by atoms with Gasteiger partial charge >= 0.3 is 0 Å². The van der Waals surface area contributed by atoms with E-state index < -0.39 is 0 Å². The van der Waals surface area contributed by atoms with Crippen molar-refractivity contribution in [3.05, 3.63) is 46.4 Å². The minimum atomic E-state index is 0.0745. The van der Waals surface area contributed by atoms with Gasteiger partial charge in [-0.15, -0.1) is 0 Å². The Morgan fingerprint density at radius 3 is 2.40 bits per heavy atom. The smallest absolute Gasteiger partial charge is 0.130 e. The van der Waals surface area contributed by atoms with E-state index in [1.54, 1.807) is 0 Å². The molecule has 0 radical (unpaired) electrons. The summed E-state index contributed by atoms with van der Waals surface area (Å²) in [5, 5.41) is 0. The fraction of sp³-hybridized carbons (Fsp3) is 0.412. The van der Waals surface area contributed by atoms with Crippen LogP contribution in [0.4, 0.5) is 0 Å². The van der Waals surface area contributed by atoms with E-state index in [1.165, 1.54) is 22.3 Å². The van der Waals surface area contributed by atoms with Crippen molar-refractivity contribution in [2.75, 3.05) is 0 Å². The van der Waals surface area contributed by atoms with E-state index in [2.05, 4.69) is 42.9 Å². The van der Waals surface area contributed by atoms with E-state index in [9.17, 15) is 0 Å². The second-order valence-electron chi connectivity index (χ2n) is 5.67. The maximum absolute atomic E-state index is 5.86. The maximum Gasteiger partial charge on any atom is 0.130 e. The lowest BCUT2D eigenvalue weighted by molar-refractivity contribution is 0.699. The second-order valence-corrected chi connectivity index (χ2v) is 5.67. The minimum Gasteiger partial charge on any atom is -0.328 e. The third-order valence-corrected chi connectivity index (χ3v) is 3.74. The summed E-state index contributed by atoms with van der Waals surface area (Å²) in [5.74, 6) is 0.827. The van der Waals surface area contributed by atoms with Gasteiger partial charge < -0.3 is 5.73 Å². The van der Waals surface area contributed by atoms with E-state index in [0.717, 1.165) is 17.2 Å². The number of hydrogen-bond donors (Lipinski definition) is 1. The number of rotatable bonds is 3. The Labute approximate surface area is 121 Å². The van der Waals surface area contributed by atoms with Gasteiger partial charge in [0, 0.05) is 23.7 Å². The number of aryl methyl sites for hydroxylation is 2. The van der Waals surface area contributed by atoms with Crippen LogP contribution < -0.4 is 5.73 Å². The first-order chi connectivity index (χ1) is 9.38. The molecule has 0 bridgehead atoms. The molecular weight excluding hydrogens is 246 g/mol. The molecule has 106 valence electrons. The molecule has 0 aliphatic rings. The van der Waals surface area contributed by atoms with Crippen LogP contribution in [0.15, 0.2) is 18.2 Å². The molecule has 3 heteroatoms. The molecular formula is C17H23N3. The fourth-order valence-electron chi connectivity index (χ4n) is 2.38. The molecule has 2 aromatic rings. The molecule has 1 aromatic heterocycles. The van der Waals surface area contributed by atoms with Crippen molar-refractivity contribution in [1.29, 1.82) is 0 Å². The first-order valence-electron chi connectivity index (χ1n) is 7.05. The number of benzene rings is 1. The molecule has 3 nitrogen and oxygen atoms in total. The largest absolute Gasteiger partial charge is 0.328 e. The lowest BCUT2D eigenvalue weighted by Gasteiger charge is -2.13. The molecule has 20 heavy (non-hydrogen) atoms. The zero-order valence-corrected chi connectivity index (χ0v) is 13.0. The molecule has 0 aliphatic carbocycles. The highest BCUT2D eigenvalue weighted by atomic mass is 14.9. The van der Waals surface area contributed by atoms with Crippen LogP contribution in [0.2, 0.25) is 0 Å². The van der Waals surface area contributed by atoms with E-state index >= 15 is 0 Å². The van der Waals surface area contributed by atoms with Gasteiger partial charge in [0.05, 0.1) is 5.69 Å². The summed E-state index contributed by atoms with van der Waals surface area (Å²) in [6.45, 7) is 10.4. The van der Waals surface area contributed by atoms with Crippen LogP contribution in [0.25, 0.3) is 11.3 Å². The zero-order chi connectivity index (χ0) is 14.9. The van der Waals surface area contributed by atoms with Gasteiger partial charge in [-0.3, -0.25) is 0 Å². The Hall–Kier alpha value is -1.74. The Morgan fingerprint density at radius 2 is 1.75 bits per heavy atom. The van der Waals surface area contributed by atoms with Crippen molar-refractivity contribution >= 4 is 0 Å². The predicted octanol–water partition coefficient (Wildman–Crippen LogP) is 3.27. The van der Waals surface area contributed by atoms with Crippen molar-refractivity contribution < 1.29 is 0 Å². The van der Waals surface area contributed by atoms with E-state index in [-0.39, 0.29) is 6.04 Å². The third kappa shape index (κ3) is 3.05.